The highest BCUT2D eigenvalue weighted by molar-refractivity contribution is 5.71. The Bertz CT molecular complexity index is 1510. The number of carbonyl (C=O) groups is 3. The molecule has 0 bridgehead atoms. The molecule has 66 heavy (non-hydrogen) atoms. The molecule has 0 saturated heterocycles. The number of carbonyl (C=O) groups excluding carboxylic acids is 3. The third kappa shape index (κ3) is 50.3. The number of rotatable bonds is 44. The summed E-state index contributed by atoms with van der Waals surface area (Å²) in [6.45, 7) is 6.18. The van der Waals surface area contributed by atoms with Crippen molar-refractivity contribution < 1.29 is 28.6 Å². The van der Waals surface area contributed by atoms with Crippen molar-refractivity contribution in [1.29, 1.82) is 0 Å². The first kappa shape index (κ1) is 61.3. The van der Waals surface area contributed by atoms with E-state index in [4.69, 9.17) is 14.2 Å². The molecule has 0 fully saturated rings. The van der Waals surface area contributed by atoms with Crippen molar-refractivity contribution in [3.63, 3.8) is 0 Å². The Balaban J connectivity index is 4.54. The summed E-state index contributed by atoms with van der Waals surface area (Å²) in [7, 11) is 0. The summed E-state index contributed by atoms with van der Waals surface area (Å²) in [5, 5.41) is 0. The molecular weight excluding hydrogens is 817 g/mol. The van der Waals surface area contributed by atoms with Gasteiger partial charge in [-0.25, -0.2) is 0 Å². The number of allylic oxidation sites excluding steroid dienone is 24. The Labute approximate surface area is 404 Å². The van der Waals surface area contributed by atoms with Gasteiger partial charge in [0.05, 0.1) is 0 Å². The second-order valence-corrected chi connectivity index (χ2v) is 16.4. The highest BCUT2D eigenvalue weighted by Gasteiger charge is 2.19. The fourth-order valence-electron chi connectivity index (χ4n) is 6.44. The van der Waals surface area contributed by atoms with E-state index < -0.39 is 6.10 Å². The van der Waals surface area contributed by atoms with E-state index in [-0.39, 0.29) is 37.5 Å². The maximum absolute atomic E-state index is 12.8. The van der Waals surface area contributed by atoms with Crippen LogP contribution in [0.25, 0.3) is 0 Å². The van der Waals surface area contributed by atoms with Gasteiger partial charge in [0, 0.05) is 19.3 Å². The van der Waals surface area contributed by atoms with Gasteiger partial charge in [-0.2, -0.15) is 0 Å². The Morgan fingerprint density at radius 1 is 0.318 bits per heavy atom. The van der Waals surface area contributed by atoms with Gasteiger partial charge in [-0.15, -0.1) is 0 Å². The highest BCUT2D eigenvalue weighted by atomic mass is 16.6. The second kappa shape index (κ2) is 52.9. The number of hydrogen-bond donors (Lipinski definition) is 0. The molecule has 1 unspecified atom stereocenters. The van der Waals surface area contributed by atoms with E-state index in [2.05, 4.69) is 106 Å². The molecule has 6 heteroatoms. The zero-order chi connectivity index (χ0) is 47.9. The molecule has 0 aromatic heterocycles. The van der Waals surface area contributed by atoms with Crippen molar-refractivity contribution in [3.8, 4) is 0 Å². The lowest BCUT2D eigenvalue weighted by Gasteiger charge is -2.18. The third-order valence-corrected chi connectivity index (χ3v) is 10.2. The van der Waals surface area contributed by atoms with Gasteiger partial charge in [0.2, 0.25) is 0 Å². The molecule has 0 aromatic carbocycles. The van der Waals surface area contributed by atoms with Gasteiger partial charge in [0.25, 0.3) is 0 Å². The lowest BCUT2D eigenvalue weighted by atomic mass is 10.1. The molecule has 0 saturated carbocycles. The zero-order valence-electron chi connectivity index (χ0n) is 41.9. The molecule has 0 heterocycles. The predicted octanol–water partition coefficient (Wildman–Crippen LogP) is 17.3. The number of hydrogen-bond acceptors (Lipinski definition) is 6. The lowest BCUT2D eigenvalue weighted by Crippen LogP contribution is -2.30. The maximum Gasteiger partial charge on any atom is 0.306 e. The minimum absolute atomic E-state index is 0.115. The number of ether oxygens (including phenoxy) is 3. The Morgan fingerprint density at radius 3 is 1.05 bits per heavy atom. The van der Waals surface area contributed by atoms with Crippen LogP contribution in [0.1, 0.15) is 194 Å². The molecule has 6 nitrogen and oxygen atoms in total. The standard InChI is InChI=1S/C60H92O6/c1-4-7-10-13-16-19-22-25-27-29-30-32-33-35-38-41-44-47-50-53-59(62)65-56-57(55-64-58(61)52-49-46-43-40-37-24-21-18-15-12-9-6-3)66-60(63)54-51-48-45-42-39-36-34-31-28-26-23-20-17-14-11-8-5-2/h7-12,14,16-21,23,25-28,30-32,34,36,39,57H,4-6,13,15,22,24,29,33,35,37-38,40-56H2,1-3H3/b10-7-,11-8-,12-9-,17-14-,19-16-,21-18-,23-20-,27-25-,28-26-,32-30-,34-31+,39-36-. The zero-order valence-corrected chi connectivity index (χ0v) is 41.9. The van der Waals surface area contributed by atoms with E-state index in [9.17, 15) is 14.4 Å². The number of esters is 3. The summed E-state index contributed by atoms with van der Waals surface area (Å²) in [4.78, 5) is 38.0. The van der Waals surface area contributed by atoms with Gasteiger partial charge in [-0.05, 0) is 103 Å². The molecule has 0 aliphatic rings. The summed E-state index contributed by atoms with van der Waals surface area (Å²) < 4.78 is 16.7. The van der Waals surface area contributed by atoms with Crippen LogP contribution >= 0.6 is 0 Å². The van der Waals surface area contributed by atoms with Crippen molar-refractivity contribution in [3.05, 3.63) is 146 Å². The topological polar surface area (TPSA) is 78.9 Å². The van der Waals surface area contributed by atoms with E-state index in [1.807, 2.05) is 60.8 Å². The Kier molecular flexibility index (Phi) is 49.1. The molecule has 0 radical (unpaired) electrons. The minimum Gasteiger partial charge on any atom is -0.462 e. The van der Waals surface area contributed by atoms with Crippen molar-refractivity contribution in [2.24, 2.45) is 0 Å². The Hall–Kier alpha value is -4.71. The first-order valence-electron chi connectivity index (χ1n) is 25.9. The molecule has 0 aliphatic heterocycles. The monoisotopic (exact) mass is 909 g/mol. The van der Waals surface area contributed by atoms with Gasteiger partial charge in [0.15, 0.2) is 6.10 Å². The fourth-order valence-corrected chi connectivity index (χ4v) is 6.44. The van der Waals surface area contributed by atoms with Crippen LogP contribution in [0.3, 0.4) is 0 Å². The summed E-state index contributed by atoms with van der Waals surface area (Å²) in [6, 6.07) is 0. The van der Waals surface area contributed by atoms with Gasteiger partial charge in [-0.1, -0.05) is 218 Å². The largest absolute Gasteiger partial charge is 0.462 e. The van der Waals surface area contributed by atoms with Crippen LogP contribution in [0.2, 0.25) is 0 Å². The number of unbranched alkanes of at least 4 members (excludes halogenated alkanes) is 14. The molecule has 0 aliphatic carbocycles. The second-order valence-electron chi connectivity index (χ2n) is 16.4. The maximum atomic E-state index is 12.8. The molecule has 368 valence electrons. The van der Waals surface area contributed by atoms with E-state index in [0.717, 1.165) is 135 Å². The van der Waals surface area contributed by atoms with Crippen LogP contribution in [-0.2, 0) is 28.6 Å². The first-order valence-corrected chi connectivity index (χ1v) is 25.9. The molecule has 1 atom stereocenters. The predicted molar refractivity (Wildman–Crippen MR) is 283 cm³/mol. The average Bonchev–Trinajstić information content (AvgIpc) is 3.31. The summed E-state index contributed by atoms with van der Waals surface area (Å²) >= 11 is 0. The Morgan fingerprint density at radius 2 is 0.621 bits per heavy atom. The quantitative estimate of drug-likeness (QED) is 0.0199. The molecule has 0 aromatic rings. The van der Waals surface area contributed by atoms with Crippen LogP contribution in [0.15, 0.2) is 146 Å². The molecular formula is C60H92O6. The smallest absolute Gasteiger partial charge is 0.306 e. The van der Waals surface area contributed by atoms with Gasteiger partial charge < -0.3 is 14.2 Å². The third-order valence-electron chi connectivity index (χ3n) is 10.2. The van der Waals surface area contributed by atoms with E-state index in [0.29, 0.717) is 19.3 Å². The van der Waals surface area contributed by atoms with Crippen LogP contribution in [0, 0.1) is 0 Å². The first-order chi connectivity index (χ1) is 32.5. The van der Waals surface area contributed by atoms with Crippen LogP contribution < -0.4 is 0 Å². The van der Waals surface area contributed by atoms with Crippen molar-refractivity contribution in [2.45, 2.75) is 200 Å². The lowest BCUT2D eigenvalue weighted by molar-refractivity contribution is -0.167. The van der Waals surface area contributed by atoms with Crippen molar-refractivity contribution in [1.82, 2.24) is 0 Å². The summed E-state index contributed by atoms with van der Waals surface area (Å²) in [5.74, 6) is -0.999. The molecule has 0 amide bonds. The van der Waals surface area contributed by atoms with E-state index >= 15 is 0 Å². The van der Waals surface area contributed by atoms with Crippen molar-refractivity contribution in [2.75, 3.05) is 13.2 Å². The van der Waals surface area contributed by atoms with Crippen LogP contribution in [0.5, 0.6) is 0 Å². The molecule has 0 spiro atoms. The normalized spacial score (nSPS) is 13.3. The fraction of sp³-hybridized carbons (Fsp3) is 0.550. The van der Waals surface area contributed by atoms with Gasteiger partial charge in [-0.3, -0.25) is 14.4 Å². The summed E-state index contributed by atoms with van der Waals surface area (Å²) in [5.41, 5.74) is 0. The van der Waals surface area contributed by atoms with E-state index in [1.165, 1.54) is 12.8 Å². The van der Waals surface area contributed by atoms with Crippen molar-refractivity contribution >= 4 is 17.9 Å². The van der Waals surface area contributed by atoms with Crippen LogP contribution in [-0.4, -0.2) is 37.2 Å². The average molecular weight is 909 g/mol. The van der Waals surface area contributed by atoms with Gasteiger partial charge in [0.1, 0.15) is 13.2 Å². The van der Waals surface area contributed by atoms with Crippen LogP contribution in [0.4, 0.5) is 0 Å². The molecule has 0 rings (SSSR count). The van der Waals surface area contributed by atoms with Gasteiger partial charge >= 0.3 is 17.9 Å². The highest BCUT2D eigenvalue weighted by Crippen LogP contribution is 2.13. The minimum atomic E-state index is -0.820. The summed E-state index contributed by atoms with van der Waals surface area (Å²) in [6.07, 6.45) is 75.4. The SMILES string of the molecule is CC\C=C/C=C\C=C/C=C\C=C\C=C/CCCCCC(=O)OC(COC(=O)CCCCCCC/C=C\C/C=C\CC)COC(=O)CCCCCCCC/C=C\C/C=C\C/C=C\C/C=C\CC. The van der Waals surface area contributed by atoms with E-state index in [1.54, 1.807) is 0 Å². The molecule has 0 N–H and O–H groups in total.